The molecule has 27 heavy (non-hydrogen) atoms. The van der Waals surface area contributed by atoms with Gasteiger partial charge in [0.25, 0.3) is 0 Å². The third kappa shape index (κ3) is 4.87. The molecule has 2 aromatic heterocycles. The number of amides is 2. The van der Waals surface area contributed by atoms with E-state index in [9.17, 15) is 14.7 Å². The molecule has 2 aromatic rings. The SMILES string of the molecule is O=C(NCCC1=CCCCC1)C(=O)NC[C@](O)(c1ccsc1)c1ccco1. The van der Waals surface area contributed by atoms with Crippen LogP contribution in [-0.2, 0) is 15.2 Å². The van der Waals surface area contributed by atoms with E-state index in [1.165, 1.54) is 36.0 Å². The lowest BCUT2D eigenvalue weighted by atomic mass is 9.93. The van der Waals surface area contributed by atoms with Crippen molar-refractivity contribution in [3.05, 3.63) is 58.2 Å². The van der Waals surface area contributed by atoms with Crippen LogP contribution in [-0.4, -0.2) is 30.0 Å². The van der Waals surface area contributed by atoms with Crippen LogP contribution in [0.5, 0.6) is 0 Å². The maximum Gasteiger partial charge on any atom is 0.309 e. The van der Waals surface area contributed by atoms with E-state index in [1.807, 2.05) is 5.38 Å². The number of carbonyl (C=O) groups excluding carboxylic acids is 2. The highest BCUT2D eigenvalue weighted by Crippen LogP contribution is 2.30. The second-order valence-electron chi connectivity index (χ2n) is 6.65. The summed E-state index contributed by atoms with van der Waals surface area (Å²) in [5, 5.41) is 19.8. The van der Waals surface area contributed by atoms with Gasteiger partial charge < -0.3 is 20.2 Å². The first-order valence-electron chi connectivity index (χ1n) is 9.12. The van der Waals surface area contributed by atoms with Gasteiger partial charge in [-0.05, 0) is 61.1 Å². The monoisotopic (exact) mass is 388 g/mol. The van der Waals surface area contributed by atoms with Crippen molar-refractivity contribution in [3.63, 3.8) is 0 Å². The molecule has 0 aromatic carbocycles. The van der Waals surface area contributed by atoms with E-state index in [0.717, 1.165) is 19.3 Å². The molecule has 3 rings (SSSR count). The molecular formula is C20H24N2O4S. The molecule has 0 fully saturated rings. The van der Waals surface area contributed by atoms with Crippen molar-refractivity contribution < 1.29 is 19.1 Å². The normalized spacial score (nSPS) is 16.3. The van der Waals surface area contributed by atoms with Crippen LogP contribution in [0.3, 0.4) is 0 Å². The van der Waals surface area contributed by atoms with Gasteiger partial charge >= 0.3 is 11.8 Å². The van der Waals surface area contributed by atoms with Gasteiger partial charge in [0.2, 0.25) is 0 Å². The van der Waals surface area contributed by atoms with Gasteiger partial charge in [0.1, 0.15) is 5.76 Å². The highest BCUT2D eigenvalue weighted by atomic mass is 32.1. The molecule has 0 unspecified atom stereocenters. The summed E-state index contributed by atoms with van der Waals surface area (Å²) in [7, 11) is 0. The second-order valence-corrected chi connectivity index (χ2v) is 7.43. The average Bonchev–Trinajstić information content (AvgIpc) is 3.41. The highest BCUT2D eigenvalue weighted by Gasteiger charge is 2.36. The zero-order valence-corrected chi connectivity index (χ0v) is 15.9. The van der Waals surface area contributed by atoms with E-state index < -0.39 is 17.4 Å². The minimum absolute atomic E-state index is 0.158. The van der Waals surface area contributed by atoms with Crippen LogP contribution < -0.4 is 10.6 Å². The standard InChI is InChI=1S/C20H24N2O4S/c23-18(21-10-8-15-5-2-1-3-6-15)19(24)22-14-20(25,16-9-12-27-13-16)17-7-4-11-26-17/h4-5,7,9,11-13,25H,1-3,6,8,10,14H2,(H,21,23)(H,22,24)/t20-/m0/s1. The van der Waals surface area contributed by atoms with Crippen LogP contribution >= 0.6 is 11.3 Å². The lowest BCUT2D eigenvalue weighted by Crippen LogP contribution is -2.46. The fourth-order valence-electron chi connectivity index (χ4n) is 3.18. The zero-order valence-electron chi connectivity index (χ0n) is 15.1. The van der Waals surface area contributed by atoms with Crippen molar-refractivity contribution in [1.82, 2.24) is 10.6 Å². The van der Waals surface area contributed by atoms with Gasteiger partial charge in [-0.25, -0.2) is 0 Å². The summed E-state index contributed by atoms with van der Waals surface area (Å²) in [6.07, 6.45) is 9.03. The molecule has 7 heteroatoms. The summed E-state index contributed by atoms with van der Waals surface area (Å²) in [5.41, 5.74) is 0.422. The summed E-state index contributed by atoms with van der Waals surface area (Å²) in [6.45, 7) is 0.278. The third-order valence-corrected chi connectivity index (χ3v) is 5.44. The minimum Gasteiger partial charge on any atom is -0.466 e. The number of thiophene rings is 1. The van der Waals surface area contributed by atoms with Crippen molar-refractivity contribution in [1.29, 1.82) is 0 Å². The fourth-order valence-corrected chi connectivity index (χ4v) is 3.91. The van der Waals surface area contributed by atoms with Gasteiger partial charge in [-0.3, -0.25) is 9.59 Å². The maximum absolute atomic E-state index is 12.1. The quantitative estimate of drug-likeness (QED) is 0.502. The average molecular weight is 388 g/mol. The Balaban J connectivity index is 1.53. The third-order valence-electron chi connectivity index (χ3n) is 4.76. The van der Waals surface area contributed by atoms with Crippen molar-refractivity contribution >= 4 is 23.2 Å². The van der Waals surface area contributed by atoms with Crippen molar-refractivity contribution in [2.75, 3.05) is 13.1 Å². The molecule has 2 amide bonds. The van der Waals surface area contributed by atoms with Gasteiger partial charge in [-0.15, -0.1) is 0 Å². The molecule has 0 bridgehead atoms. The first kappa shape index (κ1) is 19.4. The van der Waals surface area contributed by atoms with Crippen molar-refractivity contribution in [2.24, 2.45) is 0 Å². The van der Waals surface area contributed by atoms with Gasteiger partial charge in [0.15, 0.2) is 5.60 Å². The Morgan fingerprint density at radius 3 is 2.74 bits per heavy atom. The maximum atomic E-state index is 12.1. The number of hydrogen-bond donors (Lipinski definition) is 3. The first-order valence-corrected chi connectivity index (χ1v) is 10.1. The Hall–Kier alpha value is -2.38. The molecular weight excluding hydrogens is 364 g/mol. The van der Waals surface area contributed by atoms with Gasteiger partial charge in [0.05, 0.1) is 12.8 Å². The Bertz CT molecular complexity index is 747. The molecule has 144 valence electrons. The van der Waals surface area contributed by atoms with E-state index in [-0.39, 0.29) is 6.54 Å². The number of furan rings is 1. The number of carbonyl (C=O) groups is 2. The van der Waals surface area contributed by atoms with E-state index in [1.54, 1.807) is 23.6 Å². The molecule has 6 nitrogen and oxygen atoms in total. The lowest BCUT2D eigenvalue weighted by Gasteiger charge is -2.25. The molecule has 0 spiro atoms. The largest absolute Gasteiger partial charge is 0.466 e. The smallest absolute Gasteiger partial charge is 0.309 e. The first-order chi connectivity index (χ1) is 13.1. The molecule has 0 saturated carbocycles. The minimum atomic E-state index is -1.52. The Morgan fingerprint density at radius 1 is 1.22 bits per heavy atom. The topological polar surface area (TPSA) is 91.6 Å². The molecule has 2 heterocycles. The van der Waals surface area contributed by atoms with Crippen LogP contribution in [0.4, 0.5) is 0 Å². The number of nitrogens with one attached hydrogen (secondary N) is 2. The van der Waals surface area contributed by atoms with Crippen LogP contribution in [0.15, 0.2) is 51.3 Å². The number of aliphatic hydroxyl groups is 1. The van der Waals surface area contributed by atoms with Gasteiger partial charge in [0, 0.05) is 12.1 Å². The van der Waals surface area contributed by atoms with Gasteiger partial charge in [-0.1, -0.05) is 11.6 Å². The molecule has 1 aliphatic carbocycles. The van der Waals surface area contributed by atoms with E-state index in [4.69, 9.17) is 4.42 Å². The number of rotatable bonds is 7. The van der Waals surface area contributed by atoms with Crippen molar-refractivity contribution in [3.8, 4) is 0 Å². The van der Waals surface area contributed by atoms with Crippen molar-refractivity contribution in [2.45, 2.75) is 37.7 Å². The lowest BCUT2D eigenvalue weighted by molar-refractivity contribution is -0.139. The highest BCUT2D eigenvalue weighted by molar-refractivity contribution is 7.08. The summed E-state index contributed by atoms with van der Waals surface area (Å²) < 4.78 is 5.34. The van der Waals surface area contributed by atoms with E-state index in [2.05, 4.69) is 16.7 Å². The Kier molecular flexibility index (Phi) is 6.47. The van der Waals surface area contributed by atoms with Crippen LogP contribution in [0.2, 0.25) is 0 Å². The molecule has 1 aliphatic rings. The van der Waals surface area contributed by atoms with Crippen LogP contribution in [0, 0.1) is 0 Å². The summed E-state index contributed by atoms with van der Waals surface area (Å²) >= 11 is 1.43. The second kappa shape index (κ2) is 9.01. The summed E-state index contributed by atoms with van der Waals surface area (Å²) in [6, 6.07) is 5.07. The molecule has 0 saturated heterocycles. The van der Waals surface area contributed by atoms with Crippen LogP contribution in [0.1, 0.15) is 43.4 Å². The zero-order chi connectivity index (χ0) is 19.1. The number of hydrogen-bond acceptors (Lipinski definition) is 5. The fraction of sp³-hybridized carbons (Fsp3) is 0.400. The van der Waals surface area contributed by atoms with Gasteiger partial charge in [-0.2, -0.15) is 11.3 Å². The molecule has 0 radical (unpaired) electrons. The van der Waals surface area contributed by atoms with Crippen LogP contribution in [0.25, 0.3) is 0 Å². The van der Waals surface area contributed by atoms with E-state index >= 15 is 0 Å². The Morgan fingerprint density at radius 2 is 2.07 bits per heavy atom. The Labute approximate surface area is 162 Å². The predicted molar refractivity (Wildman–Crippen MR) is 103 cm³/mol. The molecule has 0 aliphatic heterocycles. The number of allylic oxidation sites excluding steroid dienone is 1. The summed E-state index contributed by atoms with van der Waals surface area (Å²) in [5.74, 6) is -1.16. The molecule has 3 N–H and O–H groups in total. The van der Waals surface area contributed by atoms with E-state index in [0.29, 0.717) is 17.9 Å². The summed E-state index contributed by atoms with van der Waals surface area (Å²) in [4.78, 5) is 24.2. The molecule has 1 atom stereocenters. The predicted octanol–water partition coefficient (Wildman–Crippen LogP) is 2.70.